The summed E-state index contributed by atoms with van der Waals surface area (Å²) in [6.07, 6.45) is 0. The molecule has 240 valence electrons. The van der Waals surface area contributed by atoms with Gasteiger partial charge in [-0.3, -0.25) is 0 Å². The summed E-state index contributed by atoms with van der Waals surface area (Å²) in [5.74, 6) is 0. The molecule has 0 saturated carbocycles. The highest BCUT2D eigenvalue weighted by Crippen LogP contribution is 2.44. The second-order valence-electron chi connectivity index (χ2n) is 12.9. The average molecular weight is 670 g/mol. The fourth-order valence-electron chi connectivity index (χ4n) is 7.44. The van der Waals surface area contributed by atoms with Gasteiger partial charge in [-0.1, -0.05) is 133 Å². The maximum atomic E-state index is 6.47. The fourth-order valence-corrected chi connectivity index (χ4v) is 8.52. The lowest BCUT2D eigenvalue weighted by atomic mass is 9.99. The summed E-state index contributed by atoms with van der Waals surface area (Å²) in [6.45, 7) is 0. The fraction of sp³-hybridized carbons (Fsp3) is 0. The van der Waals surface area contributed by atoms with Crippen LogP contribution in [0.2, 0.25) is 0 Å². The van der Waals surface area contributed by atoms with E-state index in [0.717, 1.165) is 61.3 Å². The number of rotatable bonds is 6. The van der Waals surface area contributed by atoms with E-state index in [1.54, 1.807) is 0 Å². The van der Waals surface area contributed by atoms with Crippen molar-refractivity contribution in [3.8, 4) is 33.4 Å². The zero-order valence-electron chi connectivity index (χ0n) is 27.7. The Hall–Kier alpha value is -6.42. The number of para-hydroxylation sites is 2. The smallest absolute Gasteiger partial charge is 0.143 e. The Morgan fingerprint density at radius 2 is 1.00 bits per heavy atom. The van der Waals surface area contributed by atoms with Crippen LogP contribution < -0.4 is 4.90 Å². The molecule has 2 nitrogen and oxygen atoms in total. The second kappa shape index (κ2) is 12.2. The van der Waals surface area contributed by atoms with Crippen LogP contribution in [0.25, 0.3) is 75.5 Å². The van der Waals surface area contributed by atoms with E-state index in [1.807, 2.05) is 17.4 Å². The van der Waals surface area contributed by atoms with Crippen LogP contribution in [0, 0.1) is 0 Å². The summed E-state index contributed by atoms with van der Waals surface area (Å²) in [4.78, 5) is 2.40. The van der Waals surface area contributed by atoms with Crippen molar-refractivity contribution in [1.29, 1.82) is 0 Å². The molecule has 0 N–H and O–H groups in total. The summed E-state index contributed by atoms with van der Waals surface area (Å²) < 4.78 is 9.08. The maximum absolute atomic E-state index is 6.47. The van der Waals surface area contributed by atoms with Gasteiger partial charge >= 0.3 is 0 Å². The van der Waals surface area contributed by atoms with Crippen LogP contribution in [-0.2, 0) is 0 Å². The zero-order chi connectivity index (χ0) is 33.7. The molecule has 2 heterocycles. The number of hydrogen-bond donors (Lipinski definition) is 0. The van der Waals surface area contributed by atoms with Gasteiger partial charge in [0.05, 0.1) is 5.69 Å². The van der Waals surface area contributed by atoms with E-state index in [0.29, 0.717) is 0 Å². The molecular weight excluding hydrogens is 639 g/mol. The third-order valence-corrected chi connectivity index (χ3v) is 11.0. The van der Waals surface area contributed by atoms with Gasteiger partial charge in [0.2, 0.25) is 0 Å². The third kappa shape index (κ3) is 5.10. The van der Waals surface area contributed by atoms with Crippen LogP contribution >= 0.6 is 11.3 Å². The molecule has 3 heteroatoms. The molecule has 0 radical (unpaired) electrons. The Bertz CT molecular complexity index is 2850. The summed E-state index contributed by atoms with van der Waals surface area (Å²) in [7, 11) is 0. The van der Waals surface area contributed by atoms with E-state index in [4.69, 9.17) is 4.42 Å². The lowest BCUT2D eigenvalue weighted by molar-refractivity contribution is 0.670. The molecule has 0 saturated heterocycles. The molecule has 10 aromatic rings. The number of anilines is 3. The number of furan rings is 1. The van der Waals surface area contributed by atoms with Crippen molar-refractivity contribution in [3.63, 3.8) is 0 Å². The number of nitrogens with zero attached hydrogens (tertiary/aromatic N) is 1. The number of benzene rings is 8. The number of fused-ring (bicyclic) bond motifs is 6. The predicted octanol–water partition coefficient (Wildman–Crippen LogP) is 14.4. The highest BCUT2D eigenvalue weighted by Gasteiger charge is 2.19. The first kappa shape index (κ1) is 29.5. The Morgan fingerprint density at radius 3 is 1.82 bits per heavy atom. The van der Waals surface area contributed by atoms with Crippen LogP contribution in [0.5, 0.6) is 0 Å². The Kier molecular flexibility index (Phi) is 7.04. The molecule has 10 rings (SSSR count). The SMILES string of the molecule is c1ccc(-c2ccccc2N(c2ccc(-c3ccc4oc5c(-c6ccccc6)cccc5c4c3)cc2)c2ccc3sc4ccccc4c3c2)cc1. The predicted molar refractivity (Wildman–Crippen MR) is 218 cm³/mol. The van der Waals surface area contributed by atoms with Crippen molar-refractivity contribution < 1.29 is 4.42 Å². The minimum absolute atomic E-state index is 0.897. The molecule has 0 aliphatic heterocycles. The summed E-state index contributed by atoms with van der Waals surface area (Å²) in [5, 5.41) is 4.83. The van der Waals surface area contributed by atoms with E-state index >= 15 is 0 Å². The average Bonchev–Trinajstić information content (AvgIpc) is 3.77. The summed E-state index contributed by atoms with van der Waals surface area (Å²) >= 11 is 1.85. The quantitative estimate of drug-likeness (QED) is 0.175. The van der Waals surface area contributed by atoms with Gasteiger partial charge in [0.15, 0.2) is 0 Å². The largest absolute Gasteiger partial charge is 0.455 e. The highest BCUT2D eigenvalue weighted by atomic mass is 32.1. The molecular formula is C48H31NOS. The van der Waals surface area contributed by atoms with Crippen LogP contribution in [0.15, 0.2) is 192 Å². The standard InChI is InChI=1S/C48H31NOS/c1-3-12-33(13-4-1)38-16-7-9-20-44(38)49(37-27-29-47-43(31-37)40-17-8-10-21-46(40)51-47)36-25-22-32(23-26-36)35-24-28-45-42(30-35)41-19-11-18-39(48(41)50-45)34-14-5-2-6-15-34/h1-31H. The van der Waals surface area contributed by atoms with E-state index in [1.165, 1.54) is 31.3 Å². The van der Waals surface area contributed by atoms with Gasteiger partial charge in [0.25, 0.3) is 0 Å². The van der Waals surface area contributed by atoms with Gasteiger partial charge in [0, 0.05) is 53.4 Å². The van der Waals surface area contributed by atoms with Gasteiger partial charge in [-0.15, -0.1) is 11.3 Å². The first-order valence-corrected chi connectivity index (χ1v) is 18.1. The molecule has 8 aromatic carbocycles. The van der Waals surface area contributed by atoms with Crippen LogP contribution in [-0.4, -0.2) is 0 Å². The summed E-state index contributed by atoms with van der Waals surface area (Å²) in [6, 6.07) is 67.4. The van der Waals surface area contributed by atoms with Crippen molar-refractivity contribution in [2.24, 2.45) is 0 Å². The Balaban J connectivity index is 1.10. The topological polar surface area (TPSA) is 16.4 Å². The molecule has 0 aliphatic carbocycles. The monoisotopic (exact) mass is 669 g/mol. The molecule has 0 fully saturated rings. The molecule has 0 atom stereocenters. The van der Waals surface area contributed by atoms with E-state index in [9.17, 15) is 0 Å². The first-order chi connectivity index (χ1) is 25.3. The van der Waals surface area contributed by atoms with Crippen LogP contribution in [0.1, 0.15) is 0 Å². The second-order valence-corrected chi connectivity index (χ2v) is 14.0. The Labute approximate surface area is 300 Å². The van der Waals surface area contributed by atoms with Gasteiger partial charge in [-0.05, 0) is 76.9 Å². The van der Waals surface area contributed by atoms with Crippen molar-refractivity contribution in [1.82, 2.24) is 0 Å². The normalized spacial score (nSPS) is 11.5. The van der Waals surface area contributed by atoms with E-state index in [-0.39, 0.29) is 0 Å². The van der Waals surface area contributed by atoms with Gasteiger partial charge in [-0.2, -0.15) is 0 Å². The van der Waals surface area contributed by atoms with E-state index < -0.39 is 0 Å². The van der Waals surface area contributed by atoms with Crippen molar-refractivity contribution in [3.05, 3.63) is 188 Å². The van der Waals surface area contributed by atoms with Crippen LogP contribution in [0.4, 0.5) is 17.1 Å². The molecule has 0 aliphatic rings. The lowest BCUT2D eigenvalue weighted by Gasteiger charge is -2.28. The highest BCUT2D eigenvalue weighted by molar-refractivity contribution is 7.25. The van der Waals surface area contributed by atoms with Crippen LogP contribution in [0.3, 0.4) is 0 Å². The van der Waals surface area contributed by atoms with Crippen molar-refractivity contribution in [2.75, 3.05) is 4.90 Å². The summed E-state index contributed by atoms with van der Waals surface area (Å²) in [5.41, 5.74) is 12.1. The first-order valence-electron chi connectivity index (χ1n) is 17.3. The van der Waals surface area contributed by atoms with E-state index in [2.05, 4.69) is 187 Å². The van der Waals surface area contributed by atoms with Crippen molar-refractivity contribution in [2.45, 2.75) is 0 Å². The number of hydrogen-bond acceptors (Lipinski definition) is 3. The minimum Gasteiger partial charge on any atom is -0.455 e. The zero-order valence-corrected chi connectivity index (χ0v) is 28.5. The molecule has 0 unspecified atom stereocenters. The minimum atomic E-state index is 0.897. The van der Waals surface area contributed by atoms with Gasteiger partial charge in [-0.25, -0.2) is 0 Å². The molecule has 0 spiro atoms. The lowest BCUT2D eigenvalue weighted by Crippen LogP contribution is -2.11. The number of thiophene rings is 1. The molecule has 0 amide bonds. The Morgan fingerprint density at radius 1 is 0.373 bits per heavy atom. The maximum Gasteiger partial charge on any atom is 0.143 e. The van der Waals surface area contributed by atoms with Gasteiger partial charge in [0.1, 0.15) is 11.2 Å². The van der Waals surface area contributed by atoms with Crippen molar-refractivity contribution >= 4 is 70.5 Å². The van der Waals surface area contributed by atoms with Gasteiger partial charge < -0.3 is 9.32 Å². The molecule has 0 bridgehead atoms. The molecule has 2 aromatic heterocycles. The molecule has 51 heavy (non-hydrogen) atoms. The third-order valence-electron chi connectivity index (χ3n) is 9.89.